The molecule has 116 valence electrons. The molecule has 0 heterocycles. The minimum Gasteiger partial charge on any atom is -0.349 e. The van der Waals surface area contributed by atoms with Crippen LogP contribution in [0.2, 0.25) is 0 Å². The number of amides is 1. The third-order valence-corrected chi connectivity index (χ3v) is 5.37. The Bertz CT molecular complexity index is 516. The van der Waals surface area contributed by atoms with Crippen LogP contribution in [0.25, 0.3) is 0 Å². The van der Waals surface area contributed by atoms with Crippen LogP contribution in [0, 0.1) is 0 Å². The van der Waals surface area contributed by atoms with Gasteiger partial charge in [-0.25, -0.2) is 0 Å². The average Bonchev–Trinajstić information content (AvgIpc) is 2.39. The molecular formula is C18H27NOS. The fraction of sp³-hybridized carbons (Fsp3) is 0.611. The summed E-state index contributed by atoms with van der Waals surface area (Å²) in [5.41, 5.74) is 2.88. The molecule has 1 N–H and O–H groups in total. The molecule has 1 aromatic rings. The maximum absolute atomic E-state index is 12.2. The van der Waals surface area contributed by atoms with Gasteiger partial charge in [-0.3, -0.25) is 4.79 Å². The third-order valence-electron chi connectivity index (χ3n) is 4.09. The molecule has 1 amide bonds. The molecule has 0 saturated heterocycles. The Labute approximate surface area is 133 Å². The van der Waals surface area contributed by atoms with E-state index in [2.05, 4.69) is 64.2 Å². The molecule has 3 heteroatoms. The molecule has 1 atom stereocenters. The van der Waals surface area contributed by atoms with Crippen LogP contribution >= 0.6 is 11.8 Å². The quantitative estimate of drug-likeness (QED) is 0.894. The van der Waals surface area contributed by atoms with Crippen molar-refractivity contribution in [2.45, 2.75) is 63.7 Å². The number of thioether (sulfide) groups is 1. The smallest absolute Gasteiger partial charge is 0.230 e. The number of benzene rings is 1. The van der Waals surface area contributed by atoms with E-state index in [1.807, 2.05) is 0 Å². The lowest BCUT2D eigenvalue weighted by Crippen LogP contribution is -2.36. The Morgan fingerprint density at radius 2 is 2.00 bits per heavy atom. The Kier molecular flexibility index (Phi) is 4.72. The van der Waals surface area contributed by atoms with Gasteiger partial charge in [-0.05, 0) is 29.4 Å². The highest BCUT2D eigenvalue weighted by Crippen LogP contribution is 2.41. The van der Waals surface area contributed by atoms with Gasteiger partial charge < -0.3 is 5.32 Å². The van der Waals surface area contributed by atoms with Gasteiger partial charge in [0, 0.05) is 4.75 Å². The Morgan fingerprint density at radius 3 is 2.67 bits per heavy atom. The summed E-state index contributed by atoms with van der Waals surface area (Å²) in [6.45, 7) is 11.0. The van der Waals surface area contributed by atoms with Crippen LogP contribution in [0.5, 0.6) is 0 Å². The van der Waals surface area contributed by atoms with Crippen LogP contribution in [0.4, 0.5) is 0 Å². The monoisotopic (exact) mass is 305 g/mol. The second-order valence-electron chi connectivity index (χ2n) is 7.53. The molecule has 0 fully saturated rings. The van der Waals surface area contributed by atoms with Crippen LogP contribution in [-0.2, 0) is 10.2 Å². The van der Waals surface area contributed by atoms with E-state index < -0.39 is 0 Å². The first-order chi connectivity index (χ1) is 9.69. The summed E-state index contributed by atoms with van der Waals surface area (Å²) in [5.74, 6) is 0.681. The summed E-state index contributed by atoms with van der Waals surface area (Å²) >= 11 is 1.70. The molecule has 2 rings (SSSR count). The largest absolute Gasteiger partial charge is 0.349 e. The number of carbonyl (C=O) groups is 1. The minimum atomic E-state index is 0.129. The predicted octanol–water partition coefficient (Wildman–Crippen LogP) is 4.45. The van der Waals surface area contributed by atoms with Crippen LogP contribution in [-0.4, -0.2) is 16.4 Å². The average molecular weight is 305 g/mol. The zero-order valence-electron chi connectivity index (χ0n) is 13.8. The Balaban J connectivity index is 2.07. The van der Waals surface area contributed by atoms with Crippen molar-refractivity contribution in [3.8, 4) is 0 Å². The van der Waals surface area contributed by atoms with Gasteiger partial charge in [-0.1, -0.05) is 58.9 Å². The zero-order chi connectivity index (χ0) is 15.7. The molecule has 1 unspecified atom stereocenters. The van der Waals surface area contributed by atoms with Crippen molar-refractivity contribution >= 4 is 17.7 Å². The number of hydrogen-bond acceptors (Lipinski definition) is 2. The van der Waals surface area contributed by atoms with E-state index in [-0.39, 0.29) is 22.1 Å². The molecule has 0 aliphatic heterocycles. The van der Waals surface area contributed by atoms with E-state index in [1.165, 1.54) is 11.1 Å². The predicted molar refractivity (Wildman–Crippen MR) is 91.8 cm³/mol. The number of nitrogens with one attached hydrogen (secondary N) is 1. The SMILES string of the molecule is CC(C)(C)SCC(=O)NC1CCC(C)(C)c2ccccc21. The summed E-state index contributed by atoms with van der Waals surface area (Å²) in [7, 11) is 0. The van der Waals surface area contributed by atoms with Crippen molar-refractivity contribution in [1.29, 1.82) is 0 Å². The van der Waals surface area contributed by atoms with E-state index in [0.29, 0.717) is 5.75 Å². The first-order valence-corrected chi connectivity index (χ1v) is 8.70. The van der Waals surface area contributed by atoms with E-state index in [0.717, 1.165) is 12.8 Å². The van der Waals surface area contributed by atoms with Gasteiger partial charge in [-0.15, -0.1) is 11.8 Å². The molecule has 21 heavy (non-hydrogen) atoms. The molecule has 0 saturated carbocycles. The summed E-state index contributed by atoms with van der Waals surface area (Å²) < 4.78 is 0.129. The number of carbonyl (C=O) groups excluding carboxylic acids is 1. The summed E-state index contributed by atoms with van der Waals surface area (Å²) in [5, 5.41) is 3.23. The fourth-order valence-corrected chi connectivity index (χ4v) is 3.53. The topological polar surface area (TPSA) is 29.1 Å². The van der Waals surface area contributed by atoms with E-state index in [1.54, 1.807) is 11.8 Å². The number of rotatable bonds is 3. The molecule has 0 spiro atoms. The second kappa shape index (κ2) is 6.04. The van der Waals surface area contributed by atoms with Gasteiger partial charge in [0.2, 0.25) is 5.91 Å². The Hall–Kier alpha value is -0.960. The van der Waals surface area contributed by atoms with Crippen molar-refractivity contribution in [3.63, 3.8) is 0 Å². The highest BCUT2D eigenvalue weighted by Gasteiger charge is 2.32. The summed E-state index contributed by atoms with van der Waals surface area (Å²) in [4.78, 5) is 12.2. The Morgan fingerprint density at radius 1 is 1.33 bits per heavy atom. The highest BCUT2D eigenvalue weighted by molar-refractivity contribution is 8.01. The van der Waals surface area contributed by atoms with Crippen molar-refractivity contribution in [2.24, 2.45) is 0 Å². The minimum absolute atomic E-state index is 0.129. The molecule has 2 nitrogen and oxygen atoms in total. The number of fused-ring (bicyclic) bond motifs is 1. The van der Waals surface area contributed by atoms with Gasteiger partial charge in [0.05, 0.1) is 11.8 Å². The van der Waals surface area contributed by atoms with Crippen molar-refractivity contribution in [3.05, 3.63) is 35.4 Å². The van der Waals surface area contributed by atoms with Crippen LogP contribution < -0.4 is 5.32 Å². The van der Waals surface area contributed by atoms with Crippen LogP contribution in [0.15, 0.2) is 24.3 Å². The highest BCUT2D eigenvalue weighted by atomic mass is 32.2. The van der Waals surface area contributed by atoms with Gasteiger partial charge in [0.1, 0.15) is 0 Å². The fourth-order valence-electron chi connectivity index (χ4n) is 2.88. The lowest BCUT2D eigenvalue weighted by molar-refractivity contribution is -0.119. The first-order valence-electron chi connectivity index (χ1n) is 7.72. The van der Waals surface area contributed by atoms with Crippen LogP contribution in [0.1, 0.15) is 64.6 Å². The van der Waals surface area contributed by atoms with Crippen LogP contribution in [0.3, 0.4) is 0 Å². The van der Waals surface area contributed by atoms with Gasteiger partial charge in [0.15, 0.2) is 0 Å². The molecular weight excluding hydrogens is 278 g/mol. The standard InChI is InChI=1S/C18H27NOS/c1-17(2,3)21-12-16(20)19-15-10-11-18(4,5)14-9-7-6-8-13(14)15/h6-9,15H,10-12H2,1-5H3,(H,19,20). The molecule has 0 radical (unpaired) electrons. The summed E-state index contributed by atoms with van der Waals surface area (Å²) in [6.07, 6.45) is 2.14. The third kappa shape index (κ3) is 4.26. The first kappa shape index (κ1) is 16.4. The maximum atomic E-state index is 12.2. The molecule has 1 aliphatic rings. The lowest BCUT2D eigenvalue weighted by atomic mass is 9.71. The molecule has 0 bridgehead atoms. The normalized spacial score (nSPS) is 20.7. The lowest BCUT2D eigenvalue weighted by Gasteiger charge is -2.37. The molecule has 0 aromatic heterocycles. The number of hydrogen-bond donors (Lipinski definition) is 1. The molecule has 1 aliphatic carbocycles. The maximum Gasteiger partial charge on any atom is 0.230 e. The van der Waals surface area contributed by atoms with E-state index in [9.17, 15) is 4.79 Å². The second-order valence-corrected chi connectivity index (χ2v) is 9.33. The summed E-state index contributed by atoms with van der Waals surface area (Å²) in [6, 6.07) is 8.71. The van der Waals surface area contributed by atoms with E-state index in [4.69, 9.17) is 0 Å². The van der Waals surface area contributed by atoms with Crippen molar-refractivity contribution in [2.75, 3.05) is 5.75 Å². The van der Waals surface area contributed by atoms with Crippen molar-refractivity contribution < 1.29 is 4.79 Å². The van der Waals surface area contributed by atoms with Crippen molar-refractivity contribution in [1.82, 2.24) is 5.32 Å². The van der Waals surface area contributed by atoms with Gasteiger partial charge in [-0.2, -0.15) is 0 Å². The zero-order valence-corrected chi connectivity index (χ0v) is 14.6. The van der Waals surface area contributed by atoms with Gasteiger partial charge >= 0.3 is 0 Å². The van der Waals surface area contributed by atoms with Gasteiger partial charge in [0.25, 0.3) is 0 Å². The molecule has 1 aromatic carbocycles. The van der Waals surface area contributed by atoms with E-state index >= 15 is 0 Å².